The minimum absolute atomic E-state index is 0.368. The van der Waals surface area contributed by atoms with Crippen molar-refractivity contribution in [2.24, 2.45) is 0 Å². The molecule has 0 aromatic heterocycles. The molecule has 0 spiro atoms. The van der Waals surface area contributed by atoms with Crippen LogP contribution in [-0.2, 0) is 21.2 Å². The Balaban J connectivity index is 2.88. The molecule has 0 aliphatic rings. The van der Waals surface area contributed by atoms with Gasteiger partial charge >= 0.3 is 0 Å². The van der Waals surface area contributed by atoms with E-state index in [1.165, 1.54) is 9.87 Å². The molecule has 4 nitrogen and oxygen atoms in total. The third-order valence-electron chi connectivity index (χ3n) is 3.40. The van der Waals surface area contributed by atoms with Gasteiger partial charge in [0.2, 0.25) is 10.0 Å². The molecule has 0 fully saturated rings. The lowest BCUT2D eigenvalue weighted by molar-refractivity contribution is 0.179. The normalized spacial score (nSPS) is 12.0. The maximum atomic E-state index is 12.6. The summed E-state index contributed by atoms with van der Waals surface area (Å²) in [7, 11) is -1.84. The Bertz CT molecular complexity index is 497. The highest BCUT2D eigenvalue weighted by molar-refractivity contribution is 7.89. The van der Waals surface area contributed by atoms with Gasteiger partial charge in [0.15, 0.2) is 0 Å². The quantitative estimate of drug-likeness (QED) is 0.667. The summed E-state index contributed by atoms with van der Waals surface area (Å²) in [6, 6.07) is 7.28. The monoisotopic (exact) mass is 313 g/mol. The summed E-state index contributed by atoms with van der Waals surface area (Å²) < 4.78 is 31.8. The minimum atomic E-state index is -3.42. The molecule has 0 radical (unpaired) electrons. The molecule has 1 rings (SSSR count). The number of sulfonamides is 1. The van der Waals surface area contributed by atoms with E-state index in [1.807, 2.05) is 19.1 Å². The highest BCUT2D eigenvalue weighted by atomic mass is 32.2. The van der Waals surface area contributed by atoms with Gasteiger partial charge in [0, 0.05) is 20.2 Å². The van der Waals surface area contributed by atoms with E-state index in [0.717, 1.165) is 25.7 Å². The standard InChI is InChI=1S/C16H27NO3S/c1-4-6-7-15-8-10-16(11-9-15)21(18,19)17(12-5-2)13-14-20-3/h8-11H,4-7,12-14H2,1-3H3. The average Bonchev–Trinajstić information content (AvgIpc) is 2.49. The summed E-state index contributed by atoms with van der Waals surface area (Å²) in [5.74, 6) is 0. The van der Waals surface area contributed by atoms with Crippen LogP contribution in [0.2, 0.25) is 0 Å². The van der Waals surface area contributed by atoms with Crippen molar-refractivity contribution in [2.75, 3.05) is 26.8 Å². The van der Waals surface area contributed by atoms with E-state index in [4.69, 9.17) is 4.74 Å². The molecule has 5 heteroatoms. The Morgan fingerprint density at radius 1 is 1.05 bits per heavy atom. The van der Waals surface area contributed by atoms with Gasteiger partial charge < -0.3 is 4.74 Å². The van der Waals surface area contributed by atoms with Crippen LogP contribution in [0.25, 0.3) is 0 Å². The molecule has 21 heavy (non-hydrogen) atoms. The number of hydrogen-bond donors (Lipinski definition) is 0. The summed E-state index contributed by atoms with van der Waals surface area (Å²) in [5.41, 5.74) is 1.19. The van der Waals surface area contributed by atoms with Crippen molar-refractivity contribution in [1.82, 2.24) is 4.31 Å². The van der Waals surface area contributed by atoms with Crippen molar-refractivity contribution in [2.45, 2.75) is 44.4 Å². The Kier molecular flexibility index (Phi) is 7.93. The van der Waals surface area contributed by atoms with Crippen molar-refractivity contribution in [1.29, 1.82) is 0 Å². The molecule has 0 saturated carbocycles. The van der Waals surface area contributed by atoms with Crippen LogP contribution < -0.4 is 0 Å². The molecule has 0 aliphatic carbocycles. The first kappa shape index (κ1) is 18.1. The van der Waals surface area contributed by atoms with E-state index in [2.05, 4.69) is 6.92 Å². The lowest BCUT2D eigenvalue weighted by Gasteiger charge is -2.21. The number of nitrogens with zero attached hydrogens (tertiary/aromatic N) is 1. The van der Waals surface area contributed by atoms with E-state index in [9.17, 15) is 8.42 Å². The summed E-state index contributed by atoms with van der Waals surface area (Å²) in [4.78, 5) is 0.368. The number of benzene rings is 1. The molecular weight excluding hydrogens is 286 g/mol. The Labute approximate surface area is 129 Å². The van der Waals surface area contributed by atoms with Gasteiger partial charge in [-0.25, -0.2) is 8.42 Å². The summed E-state index contributed by atoms with van der Waals surface area (Å²) >= 11 is 0. The fourth-order valence-electron chi connectivity index (χ4n) is 2.15. The Morgan fingerprint density at radius 2 is 1.71 bits per heavy atom. The summed E-state index contributed by atoms with van der Waals surface area (Å²) in [6.45, 7) is 5.45. The van der Waals surface area contributed by atoms with Crippen LogP contribution in [0.4, 0.5) is 0 Å². The van der Waals surface area contributed by atoms with E-state index in [-0.39, 0.29) is 0 Å². The van der Waals surface area contributed by atoms with Crippen LogP contribution in [0.15, 0.2) is 29.2 Å². The molecule has 0 aliphatic heterocycles. The van der Waals surface area contributed by atoms with E-state index >= 15 is 0 Å². The number of methoxy groups -OCH3 is 1. The zero-order chi connectivity index (χ0) is 15.7. The van der Waals surface area contributed by atoms with Crippen LogP contribution in [0.3, 0.4) is 0 Å². The van der Waals surface area contributed by atoms with E-state index < -0.39 is 10.0 Å². The number of rotatable bonds is 10. The van der Waals surface area contributed by atoms with Gasteiger partial charge in [0.05, 0.1) is 11.5 Å². The minimum Gasteiger partial charge on any atom is -0.383 e. The third kappa shape index (κ3) is 5.41. The van der Waals surface area contributed by atoms with Gasteiger partial charge in [-0.1, -0.05) is 32.4 Å². The van der Waals surface area contributed by atoms with Crippen LogP contribution in [0.1, 0.15) is 38.7 Å². The molecule has 0 heterocycles. The topological polar surface area (TPSA) is 46.6 Å². The van der Waals surface area contributed by atoms with E-state index in [0.29, 0.717) is 24.6 Å². The maximum Gasteiger partial charge on any atom is 0.243 e. The van der Waals surface area contributed by atoms with Crippen LogP contribution in [0.5, 0.6) is 0 Å². The van der Waals surface area contributed by atoms with Gasteiger partial charge in [-0.2, -0.15) is 4.31 Å². The molecule has 120 valence electrons. The molecule has 1 aromatic rings. The van der Waals surface area contributed by atoms with Crippen molar-refractivity contribution < 1.29 is 13.2 Å². The fraction of sp³-hybridized carbons (Fsp3) is 0.625. The first-order valence-electron chi connectivity index (χ1n) is 7.64. The van der Waals surface area contributed by atoms with Crippen LogP contribution in [-0.4, -0.2) is 39.5 Å². The van der Waals surface area contributed by atoms with Gasteiger partial charge in [0.25, 0.3) is 0 Å². The highest BCUT2D eigenvalue weighted by Crippen LogP contribution is 2.17. The van der Waals surface area contributed by atoms with Gasteiger partial charge in [0.1, 0.15) is 0 Å². The predicted octanol–water partition coefficient (Wildman–Crippen LogP) is 3.08. The van der Waals surface area contributed by atoms with Crippen LogP contribution >= 0.6 is 0 Å². The maximum absolute atomic E-state index is 12.6. The first-order chi connectivity index (χ1) is 10.1. The average molecular weight is 313 g/mol. The largest absolute Gasteiger partial charge is 0.383 e. The fourth-order valence-corrected chi connectivity index (χ4v) is 3.67. The Morgan fingerprint density at radius 3 is 2.24 bits per heavy atom. The van der Waals surface area contributed by atoms with Crippen molar-refractivity contribution >= 4 is 10.0 Å². The number of ether oxygens (including phenoxy) is 1. The molecule has 0 unspecified atom stereocenters. The summed E-state index contributed by atoms with van der Waals surface area (Å²) in [5, 5.41) is 0. The smallest absolute Gasteiger partial charge is 0.243 e. The second-order valence-corrected chi connectivity index (χ2v) is 7.08. The first-order valence-corrected chi connectivity index (χ1v) is 9.08. The highest BCUT2D eigenvalue weighted by Gasteiger charge is 2.23. The summed E-state index contributed by atoms with van der Waals surface area (Å²) in [6.07, 6.45) is 4.06. The van der Waals surface area contributed by atoms with Crippen LogP contribution in [0, 0.1) is 0 Å². The zero-order valence-electron chi connectivity index (χ0n) is 13.3. The zero-order valence-corrected chi connectivity index (χ0v) is 14.2. The third-order valence-corrected chi connectivity index (χ3v) is 5.31. The number of hydrogen-bond acceptors (Lipinski definition) is 3. The van der Waals surface area contributed by atoms with E-state index in [1.54, 1.807) is 19.2 Å². The molecule has 0 saturated heterocycles. The molecule has 1 aromatic carbocycles. The molecule has 0 N–H and O–H groups in total. The lowest BCUT2D eigenvalue weighted by Crippen LogP contribution is -2.34. The number of unbranched alkanes of at least 4 members (excludes halogenated alkanes) is 1. The predicted molar refractivity (Wildman–Crippen MR) is 86.0 cm³/mol. The van der Waals surface area contributed by atoms with Crippen molar-refractivity contribution in [3.63, 3.8) is 0 Å². The van der Waals surface area contributed by atoms with Crippen molar-refractivity contribution in [3.05, 3.63) is 29.8 Å². The SMILES string of the molecule is CCCCc1ccc(S(=O)(=O)N(CCC)CCOC)cc1. The molecule has 0 atom stereocenters. The second-order valence-electron chi connectivity index (χ2n) is 5.14. The lowest BCUT2D eigenvalue weighted by atomic mass is 10.1. The Hall–Kier alpha value is -0.910. The number of aryl methyl sites for hydroxylation is 1. The van der Waals surface area contributed by atoms with Gasteiger partial charge in [-0.05, 0) is 37.0 Å². The molecular formula is C16H27NO3S. The van der Waals surface area contributed by atoms with Crippen molar-refractivity contribution in [3.8, 4) is 0 Å². The second kappa shape index (κ2) is 9.18. The van der Waals surface area contributed by atoms with Gasteiger partial charge in [-0.15, -0.1) is 0 Å². The van der Waals surface area contributed by atoms with Gasteiger partial charge in [-0.3, -0.25) is 0 Å². The molecule has 0 bridgehead atoms. The molecule has 0 amide bonds.